The van der Waals surface area contributed by atoms with Crippen molar-refractivity contribution in [1.82, 2.24) is 5.32 Å². The Balaban J connectivity index is 1.97. The van der Waals surface area contributed by atoms with Gasteiger partial charge in [-0.15, -0.1) is 0 Å². The molecule has 1 aromatic carbocycles. The van der Waals surface area contributed by atoms with Crippen LogP contribution in [0.5, 0.6) is 0 Å². The molecule has 0 aliphatic heterocycles. The summed E-state index contributed by atoms with van der Waals surface area (Å²) < 4.78 is 5.14. The van der Waals surface area contributed by atoms with E-state index in [1.807, 2.05) is 37.3 Å². The van der Waals surface area contributed by atoms with Crippen molar-refractivity contribution >= 4 is 12.1 Å². The summed E-state index contributed by atoms with van der Waals surface area (Å²) in [6, 6.07) is 9.30. The standard InChI is InChI=1S/C16H21NO4/c1-12-7-5-6-10-16(12,14(18)19)17-15(20)21-11-13-8-3-2-4-9-13/h2-4,8-9,12H,5-7,10-11H2,1H3,(H,17,20)(H,18,19)/t12-,16+/m0/s1. The van der Waals surface area contributed by atoms with E-state index in [1.165, 1.54) is 0 Å². The Hall–Kier alpha value is -2.04. The van der Waals surface area contributed by atoms with Crippen LogP contribution in [0.3, 0.4) is 0 Å². The molecule has 0 heterocycles. The summed E-state index contributed by atoms with van der Waals surface area (Å²) in [5.74, 6) is -1.08. The molecule has 0 spiro atoms. The first-order valence-electron chi connectivity index (χ1n) is 7.27. The van der Waals surface area contributed by atoms with Crippen LogP contribution in [0.2, 0.25) is 0 Å². The fraction of sp³-hybridized carbons (Fsp3) is 0.500. The lowest BCUT2D eigenvalue weighted by Gasteiger charge is -2.39. The first-order chi connectivity index (χ1) is 10.0. The summed E-state index contributed by atoms with van der Waals surface area (Å²) in [4.78, 5) is 23.6. The van der Waals surface area contributed by atoms with Gasteiger partial charge >= 0.3 is 12.1 Å². The van der Waals surface area contributed by atoms with Gasteiger partial charge in [0.1, 0.15) is 12.1 Å². The zero-order valence-electron chi connectivity index (χ0n) is 12.2. The average Bonchev–Trinajstić information content (AvgIpc) is 2.48. The number of amides is 1. The Morgan fingerprint density at radius 3 is 2.67 bits per heavy atom. The topological polar surface area (TPSA) is 75.6 Å². The Morgan fingerprint density at radius 1 is 1.33 bits per heavy atom. The van der Waals surface area contributed by atoms with Gasteiger partial charge in [-0.25, -0.2) is 9.59 Å². The highest BCUT2D eigenvalue weighted by atomic mass is 16.5. The van der Waals surface area contributed by atoms with Gasteiger partial charge in [0.05, 0.1) is 0 Å². The Kier molecular flexibility index (Phi) is 4.83. The molecule has 1 fully saturated rings. The van der Waals surface area contributed by atoms with E-state index in [0.717, 1.165) is 24.8 Å². The highest BCUT2D eigenvalue weighted by Gasteiger charge is 2.46. The molecular formula is C16H21NO4. The predicted molar refractivity (Wildman–Crippen MR) is 77.8 cm³/mol. The van der Waals surface area contributed by atoms with E-state index in [9.17, 15) is 14.7 Å². The minimum Gasteiger partial charge on any atom is -0.479 e. The quantitative estimate of drug-likeness (QED) is 0.894. The number of carboxylic acid groups (broad SMARTS) is 1. The number of rotatable bonds is 4. The van der Waals surface area contributed by atoms with Crippen LogP contribution in [0.1, 0.15) is 38.2 Å². The first kappa shape index (κ1) is 15.4. The van der Waals surface area contributed by atoms with Gasteiger partial charge in [0, 0.05) is 0 Å². The molecule has 5 heteroatoms. The fourth-order valence-electron chi connectivity index (χ4n) is 2.85. The number of carbonyl (C=O) groups is 2. The van der Waals surface area contributed by atoms with Gasteiger partial charge in [0.25, 0.3) is 0 Å². The molecule has 0 radical (unpaired) electrons. The summed E-state index contributed by atoms with van der Waals surface area (Å²) in [5.41, 5.74) is -0.333. The summed E-state index contributed by atoms with van der Waals surface area (Å²) in [6.45, 7) is 2.00. The average molecular weight is 291 g/mol. The third-order valence-corrected chi connectivity index (χ3v) is 4.22. The number of ether oxygens (including phenoxy) is 1. The van der Waals surface area contributed by atoms with E-state index in [-0.39, 0.29) is 12.5 Å². The predicted octanol–water partition coefficient (Wildman–Crippen LogP) is 2.95. The molecule has 1 saturated carbocycles. The second-order valence-electron chi connectivity index (χ2n) is 5.61. The number of carboxylic acids is 1. The maximum atomic E-state index is 11.9. The van der Waals surface area contributed by atoms with Gasteiger partial charge in [-0.05, 0) is 24.3 Å². The molecule has 5 nitrogen and oxygen atoms in total. The molecule has 0 aromatic heterocycles. The van der Waals surface area contributed by atoms with Crippen molar-refractivity contribution in [3.05, 3.63) is 35.9 Å². The molecule has 1 aliphatic carbocycles. The first-order valence-corrected chi connectivity index (χ1v) is 7.27. The van der Waals surface area contributed by atoms with Gasteiger partial charge in [0.15, 0.2) is 0 Å². The normalized spacial score (nSPS) is 25.1. The number of aliphatic carboxylic acids is 1. The number of hydrogen-bond donors (Lipinski definition) is 2. The van der Waals surface area contributed by atoms with Crippen molar-refractivity contribution in [2.45, 2.75) is 44.8 Å². The van der Waals surface area contributed by atoms with Crippen LogP contribution >= 0.6 is 0 Å². The van der Waals surface area contributed by atoms with Crippen LogP contribution in [-0.4, -0.2) is 22.7 Å². The zero-order valence-corrected chi connectivity index (χ0v) is 12.2. The Bertz CT molecular complexity index is 502. The summed E-state index contributed by atoms with van der Waals surface area (Å²) in [7, 11) is 0. The maximum absolute atomic E-state index is 11.9. The van der Waals surface area contributed by atoms with Crippen molar-refractivity contribution in [2.75, 3.05) is 0 Å². The highest BCUT2D eigenvalue weighted by Crippen LogP contribution is 2.34. The van der Waals surface area contributed by atoms with Crippen LogP contribution in [0.4, 0.5) is 4.79 Å². The SMILES string of the molecule is C[C@H]1CCCC[C@]1(NC(=O)OCc1ccccc1)C(=O)O. The Morgan fingerprint density at radius 2 is 2.05 bits per heavy atom. The lowest BCUT2D eigenvalue weighted by molar-refractivity contribution is -0.148. The zero-order chi connectivity index (χ0) is 15.3. The van der Waals surface area contributed by atoms with Crippen molar-refractivity contribution < 1.29 is 19.4 Å². The van der Waals surface area contributed by atoms with Gasteiger partial charge in [-0.2, -0.15) is 0 Å². The molecule has 21 heavy (non-hydrogen) atoms. The number of benzene rings is 1. The van der Waals surface area contributed by atoms with Gasteiger partial charge in [0.2, 0.25) is 0 Å². The van der Waals surface area contributed by atoms with E-state index < -0.39 is 17.6 Å². The van der Waals surface area contributed by atoms with E-state index in [4.69, 9.17) is 4.74 Å². The second-order valence-corrected chi connectivity index (χ2v) is 5.61. The van der Waals surface area contributed by atoms with Crippen LogP contribution in [0.25, 0.3) is 0 Å². The van der Waals surface area contributed by atoms with Crippen LogP contribution < -0.4 is 5.32 Å². The minimum absolute atomic E-state index is 0.104. The second kappa shape index (κ2) is 6.61. The smallest absolute Gasteiger partial charge is 0.408 e. The van der Waals surface area contributed by atoms with Crippen LogP contribution in [0, 0.1) is 5.92 Å². The Labute approximate surface area is 124 Å². The van der Waals surface area contributed by atoms with E-state index in [1.54, 1.807) is 0 Å². The highest BCUT2D eigenvalue weighted by molar-refractivity contribution is 5.84. The van der Waals surface area contributed by atoms with Crippen LogP contribution in [-0.2, 0) is 16.1 Å². The lowest BCUT2D eigenvalue weighted by Crippen LogP contribution is -2.60. The number of alkyl carbamates (subject to hydrolysis) is 1. The molecule has 114 valence electrons. The van der Waals surface area contributed by atoms with Gasteiger partial charge in [-0.3, -0.25) is 0 Å². The molecule has 1 aromatic rings. The molecule has 1 amide bonds. The lowest BCUT2D eigenvalue weighted by atomic mass is 9.73. The largest absolute Gasteiger partial charge is 0.479 e. The van der Waals surface area contributed by atoms with Crippen LogP contribution in [0.15, 0.2) is 30.3 Å². The molecule has 0 bridgehead atoms. The third-order valence-electron chi connectivity index (χ3n) is 4.22. The molecular weight excluding hydrogens is 270 g/mol. The number of hydrogen-bond acceptors (Lipinski definition) is 3. The van der Waals surface area contributed by atoms with E-state index in [0.29, 0.717) is 6.42 Å². The van der Waals surface area contributed by atoms with Crippen molar-refractivity contribution in [3.63, 3.8) is 0 Å². The molecule has 2 rings (SSSR count). The molecule has 1 aliphatic rings. The number of nitrogens with one attached hydrogen (secondary N) is 1. The molecule has 0 unspecified atom stereocenters. The fourth-order valence-corrected chi connectivity index (χ4v) is 2.85. The molecule has 2 N–H and O–H groups in total. The summed E-state index contributed by atoms with van der Waals surface area (Å²) in [5, 5.41) is 12.1. The molecule has 2 atom stereocenters. The summed E-state index contributed by atoms with van der Waals surface area (Å²) in [6.07, 6.45) is 2.37. The van der Waals surface area contributed by atoms with Crippen molar-refractivity contribution in [3.8, 4) is 0 Å². The van der Waals surface area contributed by atoms with Gasteiger partial charge in [-0.1, -0.05) is 50.1 Å². The van der Waals surface area contributed by atoms with E-state index >= 15 is 0 Å². The summed E-state index contributed by atoms with van der Waals surface area (Å²) >= 11 is 0. The van der Waals surface area contributed by atoms with E-state index in [2.05, 4.69) is 5.32 Å². The third kappa shape index (κ3) is 3.54. The molecule has 0 saturated heterocycles. The van der Waals surface area contributed by atoms with Crippen molar-refractivity contribution in [2.24, 2.45) is 5.92 Å². The maximum Gasteiger partial charge on any atom is 0.408 e. The number of carbonyl (C=O) groups excluding carboxylic acids is 1. The monoisotopic (exact) mass is 291 g/mol. The van der Waals surface area contributed by atoms with Gasteiger partial charge < -0.3 is 15.2 Å². The van der Waals surface area contributed by atoms with Crippen molar-refractivity contribution in [1.29, 1.82) is 0 Å². The minimum atomic E-state index is -1.20.